The summed E-state index contributed by atoms with van der Waals surface area (Å²) in [6.45, 7) is 0. The number of aromatic nitrogens is 2. The lowest BCUT2D eigenvalue weighted by molar-refractivity contribution is 0.137. The van der Waals surface area contributed by atoms with Crippen LogP contribution in [0, 0.1) is 0 Å². The highest BCUT2D eigenvalue weighted by molar-refractivity contribution is 5.53. The molecule has 2 aromatic rings. The van der Waals surface area contributed by atoms with Gasteiger partial charge in [-0.1, -0.05) is 18.2 Å². The Hall–Kier alpha value is -2.30. The molecule has 2 rings (SSSR count). The van der Waals surface area contributed by atoms with Crippen LogP contribution in [0.1, 0.15) is 0 Å². The summed E-state index contributed by atoms with van der Waals surface area (Å²) in [4.78, 5) is 8.56. The van der Waals surface area contributed by atoms with E-state index in [0.29, 0.717) is 0 Å². The quantitative estimate of drug-likeness (QED) is 0.749. The first kappa shape index (κ1) is 10.8. The van der Waals surface area contributed by atoms with E-state index in [4.69, 9.17) is 15.0 Å². The van der Waals surface area contributed by atoms with Crippen LogP contribution in [0.3, 0.4) is 0 Å². The van der Waals surface area contributed by atoms with Crippen molar-refractivity contribution in [2.75, 3.05) is 0 Å². The molecule has 2 N–H and O–H groups in total. The zero-order chi connectivity index (χ0) is 11.1. The monoisotopic (exact) mass is 206 g/mol. The number of hydrogen-bond donors (Lipinski definition) is 2. The number of para-hydroxylation sites is 1. The highest BCUT2D eigenvalue weighted by Gasteiger charge is 1.90. The Balaban J connectivity index is 0.000000245. The van der Waals surface area contributed by atoms with Gasteiger partial charge >= 0.3 is 6.16 Å². The van der Waals surface area contributed by atoms with E-state index in [1.165, 1.54) is 0 Å². The molecular formula is C10H10N2O3. The summed E-state index contributed by atoms with van der Waals surface area (Å²) < 4.78 is 1.83. The zero-order valence-corrected chi connectivity index (χ0v) is 7.82. The minimum atomic E-state index is -1.83. The molecule has 0 bridgehead atoms. The predicted octanol–water partition coefficient (Wildman–Crippen LogP) is 2.09. The molecule has 0 aliphatic rings. The van der Waals surface area contributed by atoms with Gasteiger partial charge in [0.1, 0.15) is 0 Å². The highest BCUT2D eigenvalue weighted by Crippen LogP contribution is 2.03. The largest absolute Gasteiger partial charge is 0.503 e. The zero-order valence-electron chi connectivity index (χ0n) is 7.82. The summed E-state index contributed by atoms with van der Waals surface area (Å²) in [5, 5.41) is 18.0. The second-order valence-electron chi connectivity index (χ2n) is 2.57. The van der Waals surface area contributed by atoms with Crippen LogP contribution in [0.4, 0.5) is 4.79 Å². The summed E-state index contributed by atoms with van der Waals surface area (Å²) in [5.41, 5.74) is 1.09. The van der Waals surface area contributed by atoms with Gasteiger partial charge < -0.3 is 10.2 Å². The van der Waals surface area contributed by atoms with Crippen LogP contribution in [-0.4, -0.2) is 26.1 Å². The molecule has 0 aliphatic carbocycles. The van der Waals surface area contributed by atoms with Crippen molar-refractivity contribution in [1.82, 2.24) is 9.78 Å². The maximum Gasteiger partial charge on any atom is 0.503 e. The van der Waals surface area contributed by atoms with E-state index < -0.39 is 6.16 Å². The lowest BCUT2D eigenvalue weighted by Crippen LogP contribution is -1.91. The number of benzene rings is 1. The molecule has 0 aliphatic heterocycles. The predicted molar refractivity (Wildman–Crippen MR) is 54.2 cm³/mol. The molecule has 1 aromatic carbocycles. The minimum Gasteiger partial charge on any atom is -0.450 e. The molecule has 5 nitrogen and oxygen atoms in total. The second kappa shape index (κ2) is 5.43. The van der Waals surface area contributed by atoms with Gasteiger partial charge in [-0.2, -0.15) is 5.10 Å². The number of carboxylic acid groups (broad SMARTS) is 2. The molecule has 5 heteroatoms. The van der Waals surface area contributed by atoms with Gasteiger partial charge in [-0.3, -0.25) is 0 Å². The van der Waals surface area contributed by atoms with Crippen LogP contribution in [0.15, 0.2) is 48.8 Å². The fraction of sp³-hybridized carbons (Fsp3) is 0. The van der Waals surface area contributed by atoms with Crippen LogP contribution < -0.4 is 0 Å². The molecule has 0 spiro atoms. The van der Waals surface area contributed by atoms with Crippen LogP contribution in [0.2, 0.25) is 0 Å². The molecule has 78 valence electrons. The third-order valence-corrected chi connectivity index (χ3v) is 1.53. The smallest absolute Gasteiger partial charge is 0.450 e. The van der Waals surface area contributed by atoms with Gasteiger partial charge in [0.2, 0.25) is 0 Å². The first-order chi connectivity index (χ1) is 7.20. The van der Waals surface area contributed by atoms with Crippen molar-refractivity contribution in [3.05, 3.63) is 48.8 Å². The van der Waals surface area contributed by atoms with Crippen LogP contribution >= 0.6 is 0 Å². The molecule has 0 amide bonds. The Bertz CT molecular complexity index is 394. The van der Waals surface area contributed by atoms with Gasteiger partial charge in [0.05, 0.1) is 5.69 Å². The fourth-order valence-corrected chi connectivity index (χ4v) is 1.00. The number of rotatable bonds is 1. The summed E-state index contributed by atoms with van der Waals surface area (Å²) in [7, 11) is 0. The molecular weight excluding hydrogens is 196 g/mol. The fourth-order valence-electron chi connectivity index (χ4n) is 1.00. The Morgan fingerprint density at radius 2 is 1.73 bits per heavy atom. The van der Waals surface area contributed by atoms with Crippen molar-refractivity contribution in [3.8, 4) is 5.69 Å². The average Bonchev–Trinajstić information content (AvgIpc) is 2.71. The average molecular weight is 206 g/mol. The van der Waals surface area contributed by atoms with E-state index in [1.54, 1.807) is 6.20 Å². The first-order valence-corrected chi connectivity index (χ1v) is 4.17. The SMILES string of the molecule is O=C(O)O.c1ccc(-n2cccn2)cc1. The van der Waals surface area contributed by atoms with Crippen molar-refractivity contribution >= 4 is 6.16 Å². The Labute approximate surface area is 86.2 Å². The summed E-state index contributed by atoms with van der Waals surface area (Å²) >= 11 is 0. The normalized spacial score (nSPS) is 8.80. The third kappa shape index (κ3) is 3.95. The maximum absolute atomic E-state index is 8.56. The van der Waals surface area contributed by atoms with Crippen LogP contribution in [-0.2, 0) is 0 Å². The van der Waals surface area contributed by atoms with E-state index in [0.717, 1.165) is 5.69 Å². The summed E-state index contributed by atoms with van der Waals surface area (Å²) in [6, 6.07) is 11.9. The number of carbonyl (C=O) groups is 1. The van der Waals surface area contributed by atoms with Gasteiger partial charge in [-0.15, -0.1) is 0 Å². The minimum absolute atomic E-state index is 1.09. The van der Waals surface area contributed by atoms with Gasteiger partial charge in [0.15, 0.2) is 0 Å². The topological polar surface area (TPSA) is 75.3 Å². The van der Waals surface area contributed by atoms with Crippen molar-refractivity contribution in [3.63, 3.8) is 0 Å². The van der Waals surface area contributed by atoms with Gasteiger partial charge in [0.25, 0.3) is 0 Å². The van der Waals surface area contributed by atoms with Crippen molar-refractivity contribution < 1.29 is 15.0 Å². The Morgan fingerprint density at radius 1 is 1.13 bits per heavy atom. The first-order valence-electron chi connectivity index (χ1n) is 4.17. The van der Waals surface area contributed by atoms with E-state index in [2.05, 4.69) is 5.10 Å². The molecule has 0 saturated carbocycles. The van der Waals surface area contributed by atoms with Crippen molar-refractivity contribution in [1.29, 1.82) is 0 Å². The van der Waals surface area contributed by atoms with Crippen molar-refractivity contribution in [2.24, 2.45) is 0 Å². The molecule has 1 heterocycles. The van der Waals surface area contributed by atoms with E-state index in [9.17, 15) is 0 Å². The van der Waals surface area contributed by atoms with Crippen LogP contribution in [0.5, 0.6) is 0 Å². The molecule has 0 atom stereocenters. The maximum atomic E-state index is 8.56. The third-order valence-electron chi connectivity index (χ3n) is 1.53. The molecule has 1 aromatic heterocycles. The highest BCUT2D eigenvalue weighted by atomic mass is 16.6. The molecule has 0 saturated heterocycles. The van der Waals surface area contributed by atoms with Gasteiger partial charge in [0, 0.05) is 12.4 Å². The lowest BCUT2D eigenvalue weighted by Gasteiger charge is -1.97. The van der Waals surface area contributed by atoms with Crippen LogP contribution in [0.25, 0.3) is 5.69 Å². The molecule has 15 heavy (non-hydrogen) atoms. The van der Waals surface area contributed by atoms with E-state index in [-0.39, 0.29) is 0 Å². The van der Waals surface area contributed by atoms with Gasteiger partial charge in [-0.05, 0) is 18.2 Å². The summed E-state index contributed by atoms with van der Waals surface area (Å²) in [6.07, 6.45) is 1.86. The standard InChI is InChI=1S/C9H8N2.CH2O3/c1-2-5-9(6-3-1)11-8-4-7-10-11;2-1(3)4/h1-8H;(H2,2,3,4). The molecule has 0 fully saturated rings. The Morgan fingerprint density at radius 3 is 2.20 bits per heavy atom. The second-order valence-corrected chi connectivity index (χ2v) is 2.57. The molecule has 0 unspecified atom stereocenters. The van der Waals surface area contributed by atoms with E-state index >= 15 is 0 Å². The van der Waals surface area contributed by atoms with Gasteiger partial charge in [-0.25, -0.2) is 9.48 Å². The Kier molecular flexibility index (Phi) is 3.91. The van der Waals surface area contributed by atoms with E-state index in [1.807, 2.05) is 47.3 Å². The lowest BCUT2D eigenvalue weighted by atomic mass is 10.3. The van der Waals surface area contributed by atoms with Crippen molar-refractivity contribution in [2.45, 2.75) is 0 Å². The number of hydrogen-bond acceptors (Lipinski definition) is 2. The number of nitrogens with zero attached hydrogens (tertiary/aromatic N) is 2. The summed E-state index contributed by atoms with van der Waals surface area (Å²) in [5.74, 6) is 0. The molecule has 0 radical (unpaired) electrons.